The molecule has 0 amide bonds. The molecule has 2 rings (SSSR count). The largest absolute Gasteiger partial charge is 0.493 e. The van der Waals surface area contributed by atoms with Gasteiger partial charge in [0.1, 0.15) is 6.10 Å². The van der Waals surface area contributed by atoms with Crippen molar-refractivity contribution in [2.24, 2.45) is 0 Å². The topological polar surface area (TPSA) is 74.2 Å². The van der Waals surface area contributed by atoms with Gasteiger partial charge in [0.05, 0.1) is 20.3 Å². The lowest BCUT2D eigenvalue weighted by Crippen LogP contribution is -2.28. The van der Waals surface area contributed by atoms with E-state index in [0.29, 0.717) is 23.7 Å². The van der Waals surface area contributed by atoms with E-state index in [1.165, 1.54) is 7.11 Å². The van der Waals surface area contributed by atoms with Gasteiger partial charge in [0.25, 0.3) is 0 Å². The summed E-state index contributed by atoms with van der Waals surface area (Å²) in [5, 5.41) is 9.96. The van der Waals surface area contributed by atoms with E-state index in [-0.39, 0.29) is 12.7 Å². The van der Waals surface area contributed by atoms with Crippen LogP contribution in [0.4, 0.5) is 0 Å². The Morgan fingerprint density at radius 1 is 1.45 bits per heavy atom. The van der Waals surface area contributed by atoms with Gasteiger partial charge in [-0.05, 0) is 37.5 Å². The van der Waals surface area contributed by atoms with Crippen molar-refractivity contribution in [2.45, 2.75) is 32.0 Å². The fourth-order valence-electron chi connectivity index (χ4n) is 2.29. The van der Waals surface area contributed by atoms with E-state index in [1.54, 1.807) is 25.1 Å². The second kappa shape index (κ2) is 8.00. The predicted octanol–water partition coefficient (Wildman–Crippen LogP) is 1.85. The Morgan fingerprint density at radius 2 is 2.27 bits per heavy atom. The zero-order chi connectivity index (χ0) is 15.9. The number of rotatable bonds is 6. The van der Waals surface area contributed by atoms with Crippen LogP contribution < -0.4 is 9.47 Å². The molecule has 0 bridgehead atoms. The minimum Gasteiger partial charge on any atom is -0.493 e. The Bertz CT molecular complexity index is 495. The number of carbonyl (C=O) groups excluding carboxylic acids is 1. The summed E-state index contributed by atoms with van der Waals surface area (Å²) in [6, 6.07) is 4.90. The Kier molecular flexibility index (Phi) is 6.03. The van der Waals surface area contributed by atoms with Crippen LogP contribution in [0.1, 0.15) is 31.4 Å². The number of esters is 1. The fourth-order valence-corrected chi connectivity index (χ4v) is 2.29. The first-order chi connectivity index (χ1) is 10.7. The van der Waals surface area contributed by atoms with Crippen molar-refractivity contribution in [1.29, 1.82) is 0 Å². The van der Waals surface area contributed by atoms with Crippen LogP contribution >= 0.6 is 0 Å². The van der Waals surface area contributed by atoms with Crippen LogP contribution in [0.3, 0.4) is 0 Å². The lowest BCUT2D eigenvalue weighted by Gasteiger charge is -2.24. The van der Waals surface area contributed by atoms with Crippen molar-refractivity contribution >= 4 is 5.97 Å². The third-order valence-electron chi connectivity index (χ3n) is 3.43. The molecule has 1 aromatic rings. The number of benzene rings is 1. The number of methoxy groups -OCH3 is 1. The monoisotopic (exact) mass is 310 g/mol. The first kappa shape index (κ1) is 16.6. The molecular formula is C16H22O6. The third-order valence-corrected chi connectivity index (χ3v) is 3.43. The van der Waals surface area contributed by atoms with Crippen molar-refractivity contribution in [3.05, 3.63) is 23.8 Å². The Morgan fingerprint density at radius 3 is 2.91 bits per heavy atom. The minimum absolute atomic E-state index is 0.0107. The lowest BCUT2D eigenvalue weighted by atomic mass is 10.1. The van der Waals surface area contributed by atoms with Crippen LogP contribution in [0.15, 0.2) is 18.2 Å². The molecule has 6 nitrogen and oxygen atoms in total. The molecule has 0 aromatic heterocycles. The highest BCUT2D eigenvalue weighted by molar-refractivity contribution is 5.76. The van der Waals surface area contributed by atoms with E-state index in [4.69, 9.17) is 18.9 Å². The minimum atomic E-state index is -1.33. The fraction of sp³-hybridized carbons (Fsp3) is 0.562. The predicted molar refractivity (Wildman–Crippen MR) is 79.1 cm³/mol. The Labute approximate surface area is 129 Å². The smallest absolute Gasteiger partial charge is 0.339 e. The number of carbonyl (C=O) groups is 1. The highest BCUT2D eigenvalue weighted by Gasteiger charge is 2.22. The average molecular weight is 310 g/mol. The van der Waals surface area contributed by atoms with Gasteiger partial charge in [-0.15, -0.1) is 0 Å². The molecule has 0 saturated carbocycles. The van der Waals surface area contributed by atoms with Gasteiger partial charge in [0.15, 0.2) is 17.6 Å². The van der Waals surface area contributed by atoms with Crippen LogP contribution in [0.2, 0.25) is 0 Å². The maximum absolute atomic E-state index is 11.6. The number of aliphatic hydroxyl groups excluding tert-OH is 1. The molecule has 1 N–H and O–H groups in total. The maximum Gasteiger partial charge on any atom is 0.339 e. The van der Waals surface area contributed by atoms with Crippen molar-refractivity contribution in [2.75, 3.05) is 26.9 Å². The summed E-state index contributed by atoms with van der Waals surface area (Å²) in [5.74, 6) is 0.350. The van der Waals surface area contributed by atoms with E-state index >= 15 is 0 Å². The summed E-state index contributed by atoms with van der Waals surface area (Å²) in [6.45, 7) is 3.22. The molecule has 1 saturated heterocycles. The average Bonchev–Trinajstić information content (AvgIpc) is 2.55. The quantitative estimate of drug-likeness (QED) is 0.808. The summed E-state index contributed by atoms with van der Waals surface area (Å²) in [7, 11) is 1.51. The van der Waals surface area contributed by atoms with Gasteiger partial charge in [-0.3, -0.25) is 0 Å². The van der Waals surface area contributed by atoms with E-state index in [1.807, 2.05) is 0 Å². The SMILES string of the molecule is CCOC(=O)C(O)c1ccc(OC2CCCOC2)c(OC)c1. The summed E-state index contributed by atoms with van der Waals surface area (Å²) < 4.78 is 21.3. The Hall–Kier alpha value is -1.79. The standard InChI is InChI=1S/C16H22O6/c1-3-21-16(18)15(17)11-6-7-13(14(9-11)19-2)22-12-5-4-8-20-10-12/h6-7,9,12,15,17H,3-5,8,10H2,1-2H3. The second-order valence-corrected chi connectivity index (χ2v) is 5.02. The molecule has 2 unspecified atom stereocenters. The van der Waals surface area contributed by atoms with Crippen LogP contribution in [0.25, 0.3) is 0 Å². The molecule has 1 aliphatic rings. The first-order valence-corrected chi connectivity index (χ1v) is 7.42. The molecule has 122 valence electrons. The summed E-state index contributed by atoms with van der Waals surface area (Å²) in [4.78, 5) is 11.6. The van der Waals surface area contributed by atoms with Gasteiger partial charge in [-0.25, -0.2) is 4.79 Å². The highest BCUT2D eigenvalue weighted by atomic mass is 16.6. The first-order valence-electron chi connectivity index (χ1n) is 7.42. The molecule has 1 fully saturated rings. The molecule has 0 spiro atoms. The van der Waals surface area contributed by atoms with E-state index in [9.17, 15) is 9.90 Å². The molecule has 0 radical (unpaired) electrons. The number of aliphatic hydroxyl groups is 1. The molecule has 2 atom stereocenters. The highest BCUT2D eigenvalue weighted by Crippen LogP contribution is 2.32. The van der Waals surface area contributed by atoms with Crippen LogP contribution in [0.5, 0.6) is 11.5 Å². The molecule has 1 aromatic carbocycles. The van der Waals surface area contributed by atoms with Crippen molar-refractivity contribution in [1.82, 2.24) is 0 Å². The zero-order valence-electron chi connectivity index (χ0n) is 12.9. The van der Waals surface area contributed by atoms with Crippen molar-refractivity contribution in [3.63, 3.8) is 0 Å². The van der Waals surface area contributed by atoms with E-state index < -0.39 is 12.1 Å². The Balaban J connectivity index is 2.11. The maximum atomic E-state index is 11.6. The third kappa shape index (κ3) is 4.11. The van der Waals surface area contributed by atoms with Gasteiger partial charge in [-0.1, -0.05) is 6.07 Å². The van der Waals surface area contributed by atoms with Crippen molar-refractivity contribution < 1.29 is 28.8 Å². The molecule has 6 heteroatoms. The van der Waals surface area contributed by atoms with Gasteiger partial charge in [0, 0.05) is 6.61 Å². The van der Waals surface area contributed by atoms with Gasteiger partial charge in [-0.2, -0.15) is 0 Å². The molecule has 1 heterocycles. The number of ether oxygens (including phenoxy) is 4. The number of hydrogen-bond acceptors (Lipinski definition) is 6. The van der Waals surface area contributed by atoms with E-state index in [0.717, 1.165) is 19.4 Å². The van der Waals surface area contributed by atoms with Crippen LogP contribution in [-0.4, -0.2) is 44.1 Å². The summed E-state index contributed by atoms with van der Waals surface area (Å²) in [5.41, 5.74) is 0.405. The molecule has 0 aliphatic carbocycles. The van der Waals surface area contributed by atoms with Gasteiger partial charge < -0.3 is 24.1 Å². The second-order valence-electron chi connectivity index (χ2n) is 5.02. The summed E-state index contributed by atoms with van der Waals surface area (Å²) in [6.07, 6.45) is 0.549. The zero-order valence-corrected chi connectivity index (χ0v) is 12.9. The number of hydrogen-bond donors (Lipinski definition) is 1. The molecule has 22 heavy (non-hydrogen) atoms. The molecule has 1 aliphatic heterocycles. The normalized spacial score (nSPS) is 19.3. The van der Waals surface area contributed by atoms with Gasteiger partial charge >= 0.3 is 5.97 Å². The lowest BCUT2D eigenvalue weighted by molar-refractivity contribution is -0.153. The van der Waals surface area contributed by atoms with Gasteiger partial charge in [0.2, 0.25) is 0 Å². The summed E-state index contributed by atoms with van der Waals surface area (Å²) >= 11 is 0. The van der Waals surface area contributed by atoms with Crippen LogP contribution in [-0.2, 0) is 14.3 Å². The van der Waals surface area contributed by atoms with E-state index in [2.05, 4.69) is 0 Å². The van der Waals surface area contributed by atoms with Crippen LogP contribution in [0, 0.1) is 0 Å². The molecular weight excluding hydrogens is 288 g/mol. The van der Waals surface area contributed by atoms with Crippen molar-refractivity contribution in [3.8, 4) is 11.5 Å².